The molecule has 3 heterocycles. The SMILES string of the molecule is c1ccc(-c2nc(-c3nc(-c4ccccc4)sc3-c3nc(-c4ccccc4)sc3-c3ccccc3)c(-c3ccccc3)s2)cc1. The van der Waals surface area contributed by atoms with Gasteiger partial charge >= 0.3 is 0 Å². The van der Waals surface area contributed by atoms with Gasteiger partial charge in [0.2, 0.25) is 0 Å². The predicted octanol–water partition coefficient (Wildman–Crippen LogP) is 11.7. The molecule has 0 bridgehead atoms. The molecule has 0 atom stereocenters. The first-order valence-corrected chi connectivity index (χ1v) is 17.1. The zero-order chi connectivity index (χ0) is 30.0. The van der Waals surface area contributed by atoms with Crippen LogP contribution in [0.2, 0.25) is 0 Å². The van der Waals surface area contributed by atoms with Crippen LogP contribution in [0, 0.1) is 0 Å². The van der Waals surface area contributed by atoms with Gasteiger partial charge in [0, 0.05) is 16.7 Å². The third-order valence-corrected chi connectivity index (χ3v) is 10.9. The topological polar surface area (TPSA) is 38.7 Å². The molecular formula is C39H25N3S3. The average Bonchev–Trinajstić information content (AvgIpc) is 3.88. The first-order valence-electron chi connectivity index (χ1n) is 14.6. The molecule has 0 aliphatic heterocycles. The van der Waals surface area contributed by atoms with Crippen molar-refractivity contribution in [2.45, 2.75) is 0 Å². The monoisotopic (exact) mass is 631 g/mol. The van der Waals surface area contributed by atoms with Crippen molar-refractivity contribution in [2.24, 2.45) is 0 Å². The zero-order valence-electron chi connectivity index (χ0n) is 24.0. The predicted molar refractivity (Wildman–Crippen MR) is 192 cm³/mol. The second-order valence-corrected chi connectivity index (χ2v) is 13.4. The molecule has 0 saturated carbocycles. The van der Waals surface area contributed by atoms with Gasteiger partial charge in [-0.1, -0.05) is 152 Å². The van der Waals surface area contributed by atoms with Crippen LogP contribution in [0.5, 0.6) is 0 Å². The molecular weight excluding hydrogens is 607 g/mol. The van der Waals surface area contributed by atoms with Gasteiger partial charge in [0.15, 0.2) is 0 Å². The third-order valence-electron chi connectivity index (χ3n) is 7.46. The van der Waals surface area contributed by atoms with Crippen molar-refractivity contribution in [1.29, 1.82) is 0 Å². The summed E-state index contributed by atoms with van der Waals surface area (Å²) < 4.78 is 0. The Kier molecular flexibility index (Phi) is 7.45. The van der Waals surface area contributed by atoms with Gasteiger partial charge in [-0.05, 0) is 11.1 Å². The van der Waals surface area contributed by atoms with Crippen molar-refractivity contribution < 1.29 is 0 Å². The summed E-state index contributed by atoms with van der Waals surface area (Å²) in [6, 6.07) is 52.3. The number of rotatable bonds is 7. The maximum Gasteiger partial charge on any atom is 0.124 e. The average molecular weight is 632 g/mol. The molecule has 0 aliphatic rings. The summed E-state index contributed by atoms with van der Waals surface area (Å²) in [5.74, 6) is 0. The number of nitrogens with zero attached hydrogens (tertiary/aromatic N) is 3. The van der Waals surface area contributed by atoms with Crippen LogP contribution in [0.3, 0.4) is 0 Å². The van der Waals surface area contributed by atoms with E-state index in [0.717, 1.165) is 74.6 Å². The van der Waals surface area contributed by atoms with E-state index in [1.807, 2.05) is 18.2 Å². The van der Waals surface area contributed by atoms with Gasteiger partial charge in [-0.25, -0.2) is 15.0 Å². The van der Waals surface area contributed by atoms with E-state index >= 15 is 0 Å². The second kappa shape index (κ2) is 12.2. The molecule has 0 unspecified atom stereocenters. The molecule has 45 heavy (non-hydrogen) atoms. The highest BCUT2D eigenvalue weighted by Gasteiger charge is 2.27. The first kappa shape index (κ1) is 27.5. The van der Waals surface area contributed by atoms with Crippen molar-refractivity contribution in [1.82, 2.24) is 15.0 Å². The number of hydrogen-bond donors (Lipinski definition) is 0. The lowest BCUT2D eigenvalue weighted by Crippen LogP contribution is -1.88. The molecule has 0 spiro atoms. The zero-order valence-corrected chi connectivity index (χ0v) is 26.4. The number of aromatic nitrogens is 3. The quantitative estimate of drug-likeness (QED) is 0.176. The van der Waals surface area contributed by atoms with E-state index < -0.39 is 0 Å². The van der Waals surface area contributed by atoms with Crippen molar-refractivity contribution in [2.75, 3.05) is 0 Å². The van der Waals surface area contributed by atoms with Crippen molar-refractivity contribution in [3.63, 3.8) is 0 Å². The molecule has 0 N–H and O–H groups in total. The van der Waals surface area contributed by atoms with Crippen molar-refractivity contribution >= 4 is 34.0 Å². The molecule has 8 rings (SSSR count). The molecule has 0 amide bonds. The molecule has 0 radical (unpaired) electrons. The Labute approximate surface area is 273 Å². The lowest BCUT2D eigenvalue weighted by Gasteiger charge is -2.04. The fourth-order valence-electron chi connectivity index (χ4n) is 5.28. The molecule has 3 nitrogen and oxygen atoms in total. The molecule has 0 aliphatic carbocycles. The summed E-state index contributed by atoms with van der Waals surface area (Å²) in [6.45, 7) is 0. The van der Waals surface area contributed by atoms with Crippen molar-refractivity contribution in [3.8, 4) is 74.6 Å². The summed E-state index contributed by atoms with van der Waals surface area (Å²) in [7, 11) is 0. The van der Waals surface area contributed by atoms with Crippen molar-refractivity contribution in [3.05, 3.63) is 152 Å². The smallest absolute Gasteiger partial charge is 0.124 e. The minimum absolute atomic E-state index is 0.859. The van der Waals surface area contributed by atoms with Crippen LogP contribution in [-0.2, 0) is 0 Å². The van der Waals surface area contributed by atoms with Gasteiger partial charge in [0.1, 0.15) is 32.1 Å². The van der Waals surface area contributed by atoms with Crippen LogP contribution in [0.4, 0.5) is 0 Å². The Morgan fingerprint density at radius 1 is 0.267 bits per heavy atom. The number of benzene rings is 5. The molecule has 6 heteroatoms. The maximum absolute atomic E-state index is 5.36. The molecule has 8 aromatic rings. The van der Waals surface area contributed by atoms with E-state index in [0.29, 0.717) is 0 Å². The molecule has 3 aromatic heterocycles. The highest BCUT2D eigenvalue weighted by molar-refractivity contribution is 7.21. The summed E-state index contributed by atoms with van der Waals surface area (Å²) in [6.07, 6.45) is 0. The van der Waals surface area contributed by atoms with Gasteiger partial charge in [0.05, 0.1) is 14.6 Å². The van der Waals surface area contributed by atoms with Gasteiger partial charge < -0.3 is 0 Å². The third kappa shape index (κ3) is 5.44. The van der Waals surface area contributed by atoms with Crippen LogP contribution in [-0.4, -0.2) is 15.0 Å². The van der Waals surface area contributed by atoms with Crippen LogP contribution >= 0.6 is 34.0 Å². The van der Waals surface area contributed by atoms with E-state index in [4.69, 9.17) is 15.0 Å². The number of hydrogen-bond acceptors (Lipinski definition) is 6. The van der Waals surface area contributed by atoms with Gasteiger partial charge in [-0.3, -0.25) is 0 Å². The Balaban J connectivity index is 1.41. The van der Waals surface area contributed by atoms with Crippen LogP contribution in [0.25, 0.3) is 74.6 Å². The van der Waals surface area contributed by atoms with Gasteiger partial charge in [0.25, 0.3) is 0 Å². The minimum atomic E-state index is 0.859. The highest BCUT2D eigenvalue weighted by Crippen LogP contribution is 2.50. The molecule has 0 saturated heterocycles. The normalized spacial score (nSPS) is 11.1. The van der Waals surface area contributed by atoms with Crippen LogP contribution in [0.1, 0.15) is 0 Å². The van der Waals surface area contributed by atoms with E-state index in [9.17, 15) is 0 Å². The Bertz CT molecular complexity index is 2050. The summed E-state index contributed by atoms with van der Waals surface area (Å²) in [5.41, 5.74) is 8.21. The molecule has 5 aromatic carbocycles. The lowest BCUT2D eigenvalue weighted by atomic mass is 10.1. The van der Waals surface area contributed by atoms with E-state index in [1.54, 1.807) is 34.0 Å². The van der Waals surface area contributed by atoms with Gasteiger partial charge in [-0.15, -0.1) is 34.0 Å². The Morgan fingerprint density at radius 2 is 0.533 bits per heavy atom. The fourth-order valence-corrected chi connectivity index (χ4v) is 8.57. The Hall–Kier alpha value is -5.01. The lowest BCUT2D eigenvalue weighted by molar-refractivity contribution is 1.32. The largest absolute Gasteiger partial charge is 0.234 e. The summed E-state index contributed by atoms with van der Waals surface area (Å²) in [5, 5.41) is 2.90. The molecule has 214 valence electrons. The Morgan fingerprint density at radius 3 is 0.911 bits per heavy atom. The van der Waals surface area contributed by atoms with E-state index in [-0.39, 0.29) is 0 Å². The van der Waals surface area contributed by atoms with E-state index in [2.05, 4.69) is 133 Å². The molecule has 0 fully saturated rings. The fraction of sp³-hybridized carbons (Fsp3) is 0. The standard InChI is InChI=1S/C39H25N3S3/c1-6-16-26(17-7-1)34-31(40-37(43-34)28-20-10-3-11-21-28)32-36(45-38(41-32)29-22-12-4-13-23-29)33-35(27-18-8-2-9-19-27)44-39(42-33)30-24-14-5-15-25-30/h1-25H. The maximum atomic E-state index is 5.36. The summed E-state index contributed by atoms with van der Waals surface area (Å²) >= 11 is 5.11. The van der Waals surface area contributed by atoms with Crippen LogP contribution < -0.4 is 0 Å². The second-order valence-electron chi connectivity index (χ2n) is 10.4. The first-order chi connectivity index (χ1) is 22.3. The minimum Gasteiger partial charge on any atom is -0.234 e. The van der Waals surface area contributed by atoms with Gasteiger partial charge in [-0.2, -0.15) is 0 Å². The summed E-state index contributed by atoms with van der Waals surface area (Å²) in [4.78, 5) is 19.3. The highest BCUT2D eigenvalue weighted by atomic mass is 32.1. The number of thiazole rings is 3. The van der Waals surface area contributed by atoms with Crippen LogP contribution in [0.15, 0.2) is 152 Å². The van der Waals surface area contributed by atoms with E-state index in [1.165, 1.54) is 0 Å².